The van der Waals surface area contributed by atoms with Crippen molar-refractivity contribution in [1.82, 2.24) is 0 Å². The summed E-state index contributed by atoms with van der Waals surface area (Å²) in [7, 11) is -3.83. The average molecular weight is 276 g/mol. The molecule has 17 heavy (non-hydrogen) atoms. The van der Waals surface area contributed by atoms with Crippen molar-refractivity contribution in [3.05, 3.63) is 28.8 Å². The molecular weight excluding hydrogens is 262 g/mol. The van der Waals surface area contributed by atoms with Gasteiger partial charge in [0, 0.05) is 5.41 Å². The van der Waals surface area contributed by atoms with Gasteiger partial charge in [0.25, 0.3) is 0 Å². The number of primary sulfonamides is 1. The largest absolute Gasteiger partial charge is 0.299 e. The van der Waals surface area contributed by atoms with Gasteiger partial charge < -0.3 is 0 Å². The second-order valence-electron chi connectivity index (χ2n) is 4.37. The number of nitrogens with two attached hydrogens (primary N) is 1. The molecule has 0 amide bonds. The average Bonchev–Trinajstić information content (AvgIpc) is 2.15. The minimum absolute atomic E-state index is 0.0272. The summed E-state index contributed by atoms with van der Waals surface area (Å²) >= 11 is 5.85. The zero-order chi connectivity index (χ0) is 13.4. The Kier molecular flexibility index (Phi) is 3.66. The highest BCUT2D eigenvalue weighted by atomic mass is 35.5. The van der Waals surface area contributed by atoms with Gasteiger partial charge in [-0.3, -0.25) is 4.79 Å². The van der Waals surface area contributed by atoms with Crippen molar-refractivity contribution in [3.63, 3.8) is 0 Å². The van der Waals surface area contributed by atoms with Crippen LogP contribution in [-0.2, 0) is 20.2 Å². The number of benzene rings is 1. The molecule has 0 radical (unpaired) electrons. The van der Waals surface area contributed by atoms with Crippen molar-refractivity contribution in [3.8, 4) is 0 Å². The Morgan fingerprint density at radius 3 is 2.24 bits per heavy atom. The van der Waals surface area contributed by atoms with Crippen molar-refractivity contribution in [2.75, 3.05) is 0 Å². The van der Waals surface area contributed by atoms with Crippen LogP contribution in [0.4, 0.5) is 0 Å². The van der Waals surface area contributed by atoms with Crippen LogP contribution < -0.4 is 5.14 Å². The minimum atomic E-state index is -3.83. The van der Waals surface area contributed by atoms with Crippen LogP contribution in [-0.4, -0.2) is 14.2 Å². The van der Waals surface area contributed by atoms with E-state index in [1.807, 2.05) is 0 Å². The molecule has 1 aromatic carbocycles. The molecule has 0 spiro atoms. The monoisotopic (exact) mass is 275 g/mol. The number of ketones is 1. The molecule has 0 aliphatic carbocycles. The van der Waals surface area contributed by atoms with E-state index < -0.39 is 15.4 Å². The molecule has 0 saturated carbocycles. The standard InChI is InChI=1S/C11H14ClNO3S/c1-7(14)11(2,3)8-4-5-10(9(12)6-8)17(13,15)16/h4-6H,1-3H3,(H2,13,15,16). The van der Waals surface area contributed by atoms with E-state index in [1.165, 1.54) is 19.1 Å². The molecule has 4 nitrogen and oxygen atoms in total. The molecule has 0 fully saturated rings. The Balaban J connectivity index is 3.37. The maximum Gasteiger partial charge on any atom is 0.239 e. The number of sulfonamides is 1. The van der Waals surface area contributed by atoms with Crippen molar-refractivity contribution in [2.24, 2.45) is 5.14 Å². The number of rotatable bonds is 3. The topological polar surface area (TPSA) is 77.2 Å². The number of hydrogen-bond donors (Lipinski definition) is 1. The van der Waals surface area contributed by atoms with Gasteiger partial charge in [0.1, 0.15) is 10.7 Å². The van der Waals surface area contributed by atoms with Crippen molar-refractivity contribution < 1.29 is 13.2 Å². The molecule has 0 atom stereocenters. The third kappa shape index (κ3) is 2.86. The zero-order valence-electron chi connectivity index (χ0n) is 9.82. The summed E-state index contributed by atoms with van der Waals surface area (Å²) in [6.07, 6.45) is 0. The van der Waals surface area contributed by atoms with Gasteiger partial charge in [-0.15, -0.1) is 0 Å². The number of halogens is 1. The zero-order valence-corrected chi connectivity index (χ0v) is 11.4. The molecule has 0 aromatic heterocycles. The summed E-state index contributed by atoms with van der Waals surface area (Å²) < 4.78 is 22.3. The second kappa shape index (κ2) is 4.40. The SMILES string of the molecule is CC(=O)C(C)(C)c1ccc(S(N)(=O)=O)c(Cl)c1. The molecule has 0 heterocycles. The fraction of sp³-hybridized carbons (Fsp3) is 0.364. The predicted molar refractivity (Wildman–Crippen MR) is 66.5 cm³/mol. The lowest BCUT2D eigenvalue weighted by atomic mass is 9.81. The third-order valence-electron chi connectivity index (χ3n) is 2.84. The fourth-order valence-electron chi connectivity index (χ4n) is 1.32. The summed E-state index contributed by atoms with van der Waals surface area (Å²) in [6.45, 7) is 4.97. The van der Waals surface area contributed by atoms with E-state index in [0.29, 0.717) is 5.56 Å². The summed E-state index contributed by atoms with van der Waals surface area (Å²) in [5.41, 5.74) is -0.0528. The first-order valence-electron chi connectivity index (χ1n) is 4.90. The van der Waals surface area contributed by atoms with Gasteiger partial charge in [-0.1, -0.05) is 17.7 Å². The number of carbonyl (C=O) groups is 1. The number of Topliss-reactive ketones (excluding diaryl/α,β-unsaturated/α-hetero) is 1. The van der Waals surface area contributed by atoms with E-state index in [0.717, 1.165) is 0 Å². The van der Waals surface area contributed by atoms with Gasteiger partial charge >= 0.3 is 0 Å². The summed E-state index contributed by atoms with van der Waals surface area (Å²) in [5, 5.41) is 5.02. The van der Waals surface area contributed by atoms with Gasteiger partial charge in [-0.05, 0) is 38.5 Å². The predicted octanol–water partition coefficient (Wildman–Crippen LogP) is 1.85. The highest BCUT2D eigenvalue weighted by Crippen LogP contribution is 2.29. The van der Waals surface area contributed by atoms with Crippen LogP contribution in [0.25, 0.3) is 0 Å². The lowest BCUT2D eigenvalue weighted by molar-refractivity contribution is -0.121. The molecule has 94 valence electrons. The fourth-order valence-corrected chi connectivity index (χ4v) is 2.42. The molecule has 0 saturated heterocycles. The normalized spacial score (nSPS) is 12.5. The Morgan fingerprint density at radius 2 is 1.88 bits per heavy atom. The molecule has 0 unspecified atom stereocenters. The molecular formula is C11H14ClNO3S. The van der Waals surface area contributed by atoms with E-state index in [1.54, 1.807) is 19.9 Å². The first-order chi connectivity index (χ1) is 7.56. The van der Waals surface area contributed by atoms with Gasteiger partial charge in [0.2, 0.25) is 10.0 Å². The number of hydrogen-bond acceptors (Lipinski definition) is 3. The van der Waals surface area contributed by atoms with E-state index in [4.69, 9.17) is 16.7 Å². The Hall–Kier alpha value is -0.910. The second-order valence-corrected chi connectivity index (χ2v) is 6.31. The first kappa shape index (κ1) is 14.2. The molecule has 0 bridgehead atoms. The lowest BCUT2D eigenvalue weighted by Gasteiger charge is -2.22. The van der Waals surface area contributed by atoms with Crippen LogP contribution in [0.2, 0.25) is 5.02 Å². The summed E-state index contributed by atoms with van der Waals surface area (Å²) in [6, 6.07) is 4.33. The minimum Gasteiger partial charge on any atom is -0.299 e. The van der Waals surface area contributed by atoms with Crippen LogP contribution in [0.3, 0.4) is 0 Å². The lowest BCUT2D eigenvalue weighted by Crippen LogP contribution is -2.26. The van der Waals surface area contributed by atoms with E-state index >= 15 is 0 Å². The van der Waals surface area contributed by atoms with Crippen molar-refractivity contribution >= 4 is 27.4 Å². The van der Waals surface area contributed by atoms with E-state index in [9.17, 15) is 13.2 Å². The Labute approximate surface area is 106 Å². The first-order valence-corrected chi connectivity index (χ1v) is 6.83. The van der Waals surface area contributed by atoms with Crippen LogP contribution in [0.5, 0.6) is 0 Å². The van der Waals surface area contributed by atoms with Crippen LogP contribution >= 0.6 is 11.6 Å². The maximum atomic E-state index is 11.5. The molecule has 0 aliphatic heterocycles. The van der Waals surface area contributed by atoms with Gasteiger partial charge in [-0.2, -0.15) is 0 Å². The quantitative estimate of drug-likeness (QED) is 0.914. The van der Waals surface area contributed by atoms with Crippen LogP contribution in [0.15, 0.2) is 23.1 Å². The van der Waals surface area contributed by atoms with Crippen LogP contribution in [0, 0.1) is 0 Å². The van der Waals surface area contributed by atoms with Gasteiger partial charge in [-0.25, -0.2) is 13.6 Å². The summed E-state index contributed by atoms with van der Waals surface area (Å²) in [5.74, 6) is -0.0306. The third-order valence-corrected chi connectivity index (χ3v) is 4.23. The molecule has 6 heteroatoms. The van der Waals surface area contributed by atoms with Gasteiger partial charge in [0.15, 0.2) is 0 Å². The van der Waals surface area contributed by atoms with Crippen LogP contribution in [0.1, 0.15) is 26.3 Å². The van der Waals surface area contributed by atoms with Crippen molar-refractivity contribution in [2.45, 2.75) is 31.1 Å². The highest BCUT2D eigenvalue weighted by Gasteiger charge is 2.27. The van der Waals surface area contributed by atoms with Gasteiger partial charge in [0.05, 0.1) is 5.02 Å². The van der Waals surface area contributed by atoms with Crippen molar-refractivity contribution in [1.29, 1.82) is 0 Å². The number of carbonyl (C=O) groups excluding carboxylic acids is 1. The molecule has 0 aliphatic rings. The molecule has 2 N–H and O–H groups in total. The summed E-state index contributed by atoms with van der Waals surface area (Å²) in [4.78, 5) is 11.3. The highest BCUT2D eigenvalue weighted by molar-refractivity contribution is 7.89. The molecule has 1 aromatic rings. The van der Waals surface area contributed by atoms with E-state index in [-0.39, 0.29) is 15.7 Å². The Bertz CT molecular complexity index is 564. The smallest absolute Gasteiger partial charge is 0.239 e. The van der Waals surface area contributed by atoms with E-state index in [2.05, 4.69) is 0 Å². The molecule has 1 rings (SSSR count). The Morgan fingerprint density at radius 1 is 1.35 bits per heavy atom. The maximum absolute atomic E-state index is 11.5.